The lowest BCUT2D eigenvalue weighted by Crippen LogP contribution is -2.33. The minimum atomic E-state index is -0.936. The topological polar surface area (TPSA) is 65.0 Å². The van der Waals surface area contributed by atoms with E-state index < -0.39 is 24.0 Å². The third-order valence-electron chi connectivity index (χ3n) is 2.40. The number of esters is 1. The molecule has 0 aromatic heterocycles. The summed E-state index contributed by atoms with van der Waals surface area (Å²) in [6, 6.07) is 0. The molecule has 0 aliphatic carbocycles. The number of aliphatic hydroxyl groups is 1. The second-order valence-corrected chi connectivity index (χ2v) is 4.29. The third-order valence-corrected chi connectivity index (χ3v) is 2.40. The molecule has 5 heteroatoms. The Morgan fingerprint density at radius 1 is 1.71 bits per heavy atom. The maximum atomic E-state index is 10.7. The highest BCUT2D eigenvalue weighted by molar-refractivity contribution is 5.66. The van der Waals surface area contributed by atoms with Crippen LogP contribution in [0.5, 0.6) is 0 Å². The zero-order valence-corrected chi connectivity index (χ0v) is 10.4. The van der Waals surface area contributed by atoms with Crippen LogP contribution in [0.15, 0.2) is 17.9 Å². The van der Waals surface area contributed by atoms with E-state index >= 15 is 0 Å². The van der Waals surface area contributed by atoms with Crippen molar-refractivity contribution < 1.29 is 24.1 Å². The summed E-state index contributed by atoms with van der Waals surface area (Å²) in [7, 11) is 0. The molecule has 0 radical (unpaired) electrons. The fourth-order valence-corrected chi connectivity index (χ4v) is 1.52. The fraction of sp³-hybridized carbons (Fsp3) is 0.667. The molecule has 2 atom stereocenters. The lowest BCUT2D eigenvalue weighted by Gasteiger charge is -2.21. The molecule has 0 unspecified atom stereocenters. The molecule has 1 heterocycles. The Kier molecular flexibility index (Phi) is 4.48. The fourth-order valence-electron chi connectivity index (χ4n) is 1.52. The molecule has 0 spiro atoms. The molecule has 1 aliphatic heterocycles. The molecule has 1 aliphatic rings. The van der Waals surface area contributed by atoms with Crippen LogP contribution >= 0.6 is 0 Å². The first-order valence-corrected chi connectivity index (χ1v) is 5.38. The van der Waals surface area contributed by atoms with Gasteiger partial charge in [0.15, 0.2) is 5.79 Å². The molecule has 0 aromatic rings. The van der Waals surface area contributed by atoms with Gasteiger partial charge < -0.3 is 19.3 Å². The van der Waals surface area contributed by atoms with Gasteiger partial charge >= 0.3 is 5.97 Å². The molecule has 1 fully saturated rings. The van der Waals surface area contributed by atoms with Crippen molar-refractivity contribution in [1.82, 2.24) is 0 Å². The van der Waals surface area contributed by atoms with Gasteiger partial charge in [-0.25, -0.2) is 0 Å². The van der Waals surface area contributed by atoms with Crippen molar-refractivity contribution in [3.8, 4) is 0 Å². The lowest BCUT2D eigenvalue weighted by atomic mass is 10.1. The zero-order chi connectivity index (χ0) is 13.1. The van der Waals surface area contributed by atoms with Crippen LogP contribution in [0.3, 0.4) is 0 Å². The molecule has 0 bridgehead atoms. The second-order valence-electron chi connectivity index (χ2n) is 4.29. The normalized spacial score (nSPS) is 23.9. The molecule has 0 saturated carbocycles. The van der Waals surface area contributed by atoms with Gasteiger partial charge in [0, 0.05) is 12.5 Å². The first kappa shape index (κ1) is 13.9. The van der Waals surface area contributed by atoms with E-state index in [1.807, 2.05) is 0 Å². The van der Waals surface area contributed by atoms with Crippen molar-refractivity contribution in [3.63, 3.8) is 0 Å². The average molecular weight is 242 g/mol. The van der Waals surface area contributed by atoms with Crippen molar-refractivity contribution in [1.29, 1.82) is 0 Å². The highest BCUT2D eigenvalue weighted by atomic mass is 16.7. The van der Waals surface area contributed by atoms with Gasteiger partial charge in [-0.2, -0.15) is 0 Å². The van der Waals surface area contributed by atoms with E-state index in [9.17, 15) is 9.90 Å². The molecule has 96 valence electrons. The highest BCUT2D eigenvalue weighted by Gasteiger charge is 2.38. The Morgan fingerprint density at radius 2 is 2.35 bits per heavy atom. The SMILES string of the molecule is C=C=C(COC(C)=O)[C@H](O)[C@H]1COC(C)(C)O1. The summed E-state index contributed by atoms with van der Waals surface area (Å²) in [5.41, 5.74) is 2.95. The van der Waals surface area contributed by atoms with Gasteiger partial charge in [-0.05, 0) is 13.8 Å². The van der Waals surface area contributed by atoms with Crippen LogP contribution < -0.4 is 0 Å². The van der Waals surface area contributed by atoms with Gasteiger partial charge in [-0.15, -0.1) is 5.73 Å². The first-order valence-electron chi connectivity index (χ1n) is 5.38. The van der Waals surface area contributed by atoms with E-state index in [0.717, 1.165) is 0 Å². The highest BCUT2D eigenvalue weighted by Crippen LogP contribution is 2.26. The minimum Gasteiger partial charge on any atom is -0.461 e. The maximum Gasteiger partial charge on any atom is 0.302 e. The van der Waals surface area contributed by atoms with Crippen LogP contribution in [0.1, 0.15) is 20.8 Å². The van der Waals surface area contributed by atoms with E-state index in [1.165, 1.54) is 6.92 Å². The number of hydrogen-bond acceptors (Lipinski definition) is 5. The molecule has 1 saturated heterocycles. The Morgan fingerprint density at radius 3 is 2.76 bits per heavy atom. The van der Waals surface area contributed by atoms with Gasteiger partial charge in [-0.1, -0.05) is 6.58 Å². The van der Waals surface area contributed by atoms with E-state index in [1.54, 1.807) is 13.8 Å². The van der Waals surface area contributed by atoms with Crippen molar-refractivity contribution in [2.45, 2.75) is 38.8 Å². The van der Waals surface area contributed by atoms with Crippen LogP contribution in [-0.4, -0.2) is 42.3 Å². The largest absolute Gasteiger partial charge is 0.461 e. The monoisotopic (exact) mass is 242 g/mol. The summed E-state index contributed by atoms with van der Waals surface area (Å²) < 4.78 is 15.6. The molecule has 1 N–H and O–H groups in total. The molecule has 5 nitrogen and oxygen atoms in total. The lowest BCUT2D eigenvalue weighted by molar-refractivity contribution is -0.150. The summed E-state index contributed by atoms with van der Waals surface area (Å²) in [5.74, 6) is -1.13. The van der Waals surface area contributed by atoms with Crippen molar-refractivity contribution in [2.24, 2.45) is 0 Å². The van der Waals surface area contributed by atoms with Crippen molar-refractivity contribution in [2.75, 3.05) is 13.2 Å². The average Bonchev–Trinajstić information content (AvgIpc) is 2.59. The van der Waals surface area contributed by atoms with Crippen molar-refractivity contribution in [3.05, 3.63) is 17.9 Å². The standard InChI is InChI=1S/C12H18O5/c1-5-9(6-15-8(2)13)11(14)10-7-16-12(3,4)17-10/h10-11,14H,1,6-7H2,2-4H3/t10-,11+/m1/s1. The number of rotatable bonds is 4. The van der Waals surface area contributed by atoms with Gasteiger partial charge in [0.05, 0.1) is 6.61 Å². The Hall–Kier alpha value is -1.13. The zero-order valence-electron chi connectivity index (χ0n) is 10.4. The van der Waals surface area contributed by atoms with Gasteiger partial charge in [-0.3, -0.25) is 4.79 Å². The molecule has 1 rings (SSSR count). The molecule has 17 heavy (non-hydrogen) atoms. The summed E-state index contributed by atoms with van der Waals surface area (Å²) >= 11 is 0. The van der Waals surface area contributed by atoms with Gasteiger partial charge in [0.1, 0.15) is 18.8 Å². The Labute approximate surface area is 101 Å². The van der Waals surface area contributed by atoms with Crippen molar-refractivity contribution >= 4 is 5.97 Å². The Balaban J connectivity index is 2.59. The third kappa shape index (κ3) is 3.98. The van der Waals surface area contributed by atoms with Gasteiger partial charge in [0.2, 0.25) is 0 Å². The summed E-state index contributed by atoms with van der Waals surface area (Å²) in [6.07, 6.45) is -1.43. The van der Waals surface area contributed by atoms with Crippen LogP contribution in [0.4, 0.5) is 0 Å². The van der Waals surface area contributed by atoms with Gasteiger partial charge in [0.25, 0.3) is 0 Å². The van der Waals surface area contributed by atoms with E-state index in [2.05, 4.69) is 12.3 Å². The number of hydrogen-bond donors (Lipinski definition) is 1. The second kappa shape index (κ2) is 5.47. The minimum absolute atomic E-state index is 0.0414. The summed E-state index contributed by atoms with van der Waals surface area (Å²) in [6.45, 7) is 8.52. The number of carbonyl (C=O) groups is 1. The Bertz CT molecular complexity index is 341. The molecular formula is C12H18O5. The first-order chi connectivity index (χ1) is 7.85. The summed E-state index contributed by atoms with van der Waals surface area (Å²) in [4.78, 5) is 10.7. The number of aliphatic hydroxyl groups excluding tert-OH is 1. The van der Waals surface area contributed by atoms with Crippen LogP contribution in [-0.2, 0) is 19.0 Å². The van der Waals surface area contributed by atoms with Crippen LogP contribution in [0.25, 0.3) is 0 Å². The predicted octanol–water partition coefficient (Wildman–Crippen LogP) is 0.773. The predicted molar refractivity (Wildman–Crippen MR) is 60.2 cm³/mol. The number of ether oxygens (including phenoxy) is 3. The quantitative estimate of drug-likeness (QED) is 0.583. The maximum absolute atomic E-state index is 10.7. The van der Waals surface area contributed by atoms with Crippen LogP contribution in [0.2, 0.25) is 0 Å². The number of carbonyl (C=O) groups excluding carboxylic acids is 1. The van der Waals surface area contributed by atoms with E-state index in [-0.39, 0.29) is 13.2 Å². The molecular weight excluding hydrogens is 224 g/mol. The summed E-state index contributed by atoms with van der Waals surface area (Å²) in [5, 5.41) is 10.0. The smallest absolute Gasteiger partial charge is 0.302 e. The van der Waals surface area contributed by atoms with E-state index in [4.69, 9.17) is 14.2 Å². The van der Waals surface area contributed by atoms with Crippen LogP contribution in [0, 0.1) is 0 Å². The van der Waals surface area contributed by atoms with E-state index in [0.29, 0.717) is 5.57 Å². The molecule has 0 aromatic carbocycles. The molecule has 0 amide bonds.